The van der Waals surface area contributed by atoms with Crippen LogP contribution in [0, 0.1) is 5.92 Å². The number of anilines is 1. The van der Waals surface area contributed by atoms with Crippen molar-refractivity contribution in [1.82, 2.24) is 20.2 Å². The molecule has 10 heteroatoms. The Bertz CT molecular complexity index is 1560. The van der Waals surface area contributed by atoms with Gasteiger partial charge < -0.3 is 9.73 Å². The maximum Gasteiger partial charge on any atom is 0.266 e. The summed E-state index contributed by atoms with van der Waals surface area (Å²) in [5.74, 6) is 1.05. The molecule has 2 aromatic carbocycles. The summed E-state index contributed by atoms with van der Waals surface area (Å²) in [6.07, 6.45) is 3.11. The second-order valence-corrected chi connectivity index (χ2v) is 10.6. The number of hydrogen-bond donors (Lipinski definition) is 1. The summed E-state index contributed by atoms with van der Waals surface area (Å²) in [6, 6.07) is 14.9. The number of amides is 1. The van der Waals surface area contributed by atoms with Crippen molar-refractivity contribution in [1.29, 1.82) is 0 Å². The van der Waals surface area contributed by atoms with Crippen molar-refractivity contribution >= 4 is 66.7 Å². The van der Waals surface area contributed by atoms with Crippen LogP contribution in [0.1, 0.15) is 37.5 Å². The predicted molar refractivity (Wildman–Crippen MR) is 138 cm³/mol. The highest BCUT2D eigenvalue weighted by molar-refractivity contribution is 7.22. The van der Waals surface area contributed by atoms with E-state index in [2.05, 4.69) is 25.5 Å². The van der Waals surface area contributed by atoms with Crippen molar-refractivity contribution in [2.75, 3.05) is 5.32 Å². The van der Waals surface area contributed by atoms with Crippen LogP contribution >= 0.6 is 34.5 Å². The van der Waals surface area contributed by atoms with Crippen LogP contribution in [0.15, 0.2) is 52.9 Å². The van der Waals surface area contributed by atoms with Gasteiger partial charge in [0.15, 0.2) is 5.13 Å². The Morgan fingerprint density at radius 1 is 0.914 bits per heavy atom. The van der Waals surface area contributed by atoms with Gasteiger partial charge in [-0.15, -0.1) is 10.2 Å². The molecule has 0 bridgehead atoms. The maximum atomic E-state index is 12.8. The lowest BCUT2D eigenvalue weighted by atomic mass is 9.81. The number of carbonyl (C=O) groups excluding carboxylic acids is 1. The lowest BCUT2D eigenvalue weighted by Crippen LogP contribution is -2.26. The summed E-state index contributed by atoms with van der Waals surface area (Å²) >= 11 is 13.5. The molecular weight excluding hydrogens is 505 g/mol. The molecule has 0 atom stereocenters. The number of nitrogens with one attached hydrogen (secondary N) is 1. The average Bonchev–Trinajstić information content (AvgIpc) is 3.50. The molecule has 0 radical (unpaired) electrons. The molecule has 1 aliphatic rings. The highest BCUT2D eigenvalue weighted by atomic mass is 35.5. The average molecular weight is 524 g/mol. The summed E-state index contributed by atoms with van der Waals surface area (Å²) < 4.78 is 6.98. The molecule has 7 nitrogen and oxygen atoms in total. The fraction of sp³-hybridized carbons (Fsp3) is 0.240. The van der Waals surface area contributed by atoms with Crippen LogP contribution < -0.4 is 5.32 Å². The summed E-state index contributed by atoms with van der Waals surface area (Å²) in [4.78, 5) is 21.9. The summed E-state index contributed by atoms with van der Waals surface area (Å²) in [5, 5.41) is 14.3. The van der Waals surface area contributed by atoms with Crippen molar-refractivity contribution in [3.8, 4) is 11.6 Å². The third-order valence-corrected chi connectivity index (χ3v) is 7.76. The number of aromatic nitrogens is 4. The zero-order valence-electron chi connectivity index (χ0n) is 18.4. The van der Waals surface area contributed by atoms with E-state index in [1.54, 1.807) is 12.1 Å². The Morgan fingerprint density at radius 3 is 2.57 bits per heavy atom. The smallest absolute Gasteiger partial charge is 0.266 e. The number of rotatable bonds is 4. The lowest BCUT2D eigenvalue weighted by molar-refractivity contribution is -0.120. The molecule has 1 N–H and O–H groups in total. The number of carbonyl (C=O) groups is 1. The predicted octanol–water partition coefficient (Wildman–Crippen LogP) is 7.11. The van der Waals surface area contributed by atoms with Gasteiger partial charge in [-0.05, 0) is 68.1 Å². The number of pyridine rings is 1. The molecule has 3 aromatic heterocycles. The van der Waals surface area contributed by atoms with Crippen molar-refractivity contribution in [3.05, 3.63) is 64.5 Å². The van der Waals surface area contributed by atoms with Crippen LogP contribution in [0.25, 0.3) is 32.7 Å². The minimum absolute atomic E-state index is 0.000267. The third kappa shape index (κ3) is 4.61. The van der Waals surface area contributed by atoms with Crippen LogP contribution in [0.3, 0.4) is 0 Å². The molecule has 3 heterocycles. The Hall–Kier alpha value is -3.07. The van der Waals surface area contributed by atoms with Gasteiger partial charge in [0.25, 0.3) is 5.89 Å². The van der Waals surface area contributed by atoms with Gasteiger partial charge in [-0.25, -0.2) is 9.97 Å². The fourth-order valence-corrected chi connectivity index (χ4v) is 5.68. The minimum atomic E-state index is -0.0711. The van der Waals surface area contributed by atoms with E-state index in [1.807, 2.05) is 36.4 Å². The number of fused-ring (bicyclic) bond motifs is 2. The zero-order chi connectivity index (χ0) is 23.9. The first-order valence-corrected chi connectivity index (χ1v) is 12.9. The van der Waals surface area contributed by atoms with Gasteiger partial charge in [-0.2, -0.15) is 0 Å². The third-order valence-electron chi connectivity index (χ3n) is 6.34. The van der Waals surface area contributed by atoms with Crippen molar-refractivity contribution in [2.45, 2.75) is 31.6 Å². The van der Waals surface area contributed by atoms with Crippen LogP contribution in [-0.2, 0) is 4.79 Å². The number of hydrogen-bond acceptors (Lipinski definition) is 7. The van der Waals surface area contributed by atoms with Gasteiger partial charge in [0.1, 0.15) is 5.69 Å². The second-order valence-electron chi connectivity index (χ2n) is 8.65. The number of halogens is 2. The lowest BCUT2D eigenvalue weighted by Gasteiger charge is -2.25. The topological polar surface area (TPSA) is 93.8 Å². The van der Waals surface area contributed by atoms with Gasteiger partial charge in [0.2, 0.25) is 11.8 Å². The molecule has 1 fully saturated rings. The summed E-state index contributed by atoms with van der Waals surface area (Å²) in [5.41, 5.74) is 2.23. The number of nitrogens with zero attached hydrogens (tertiary/aromatic N) is 4. The van der Waals surface area contributed by atoms with Crippen molar-refractivity contribution in [3.63, 3.8) is 0 Å². The molecular formula is C25H19Cl2N5O2S. The van der Waals surface area contributed by atoms with E-state index in [0.29, 0.717) is 32.7 Å². The Morgan fingerprint density at radius 2 is 1.71 bits per heavy atom. The molecule has 0 unspecified atom stereocenters. The highest BCUT2D eigenvalue weighted by Gasteiger charge is 2.30. The van der Waals surface area contributed by atoms with Gasteiger partial charge in [0, 0.05) is 27.3 Å². The normalized spacial score (nSPS) is 18.2. The van der Waals surface area contributed by atoms with E-state index in [-0.39, 0.29) is 17.7 Å². The van der Waals surface area contributed by atoms with Gasteiger partial charge in [0.05, 0.1) is 15.7 Å². The summed E-state index contributed by atoms with van der Waals surface area (Å²) in [7, 11) is 0. The summed E-state index contributed by atoms with van der Waals surface area (Å²) in [6.45, 7) is 0. The molecule has 6 rings (SSSR count). The first kappa shape index (κ1) is 22.4. The molecule has 1 saturated carbocycles. The van der Waals surface area contributed by atoms with Crippen molar-refractivity contribution < 1.29 is 9.21 Å². The molecule has 0 spiro atoms. The molecule has 35 heavy (non-hydrogen) atoms. The fourth-order valence-electron chi connectivity index (χ4n) is 4.48. The van der Waals surface area contributed by atoms with Crippen LogP contribution in [-0.4, -0.2) is 26.1 Å². The first-order valence-electron chi connectivity index (χ1n) is 11.3. The Balaban J connectivity index is 1.10. The molecule has 0 aliphatic heterocycles. The van der Waals surface area contributed by atoms with E-state index in [4.69, 9.17) is 27.6 Å². The monoisotopic (exact) mass is 523 g/mol. The molecule has 0 saturated heterocycles. The van der Waals surface area contributed by atoms with Gasteiger partial charge in [-0.1, -0.05) is 40.6 Å². The zero-order valence-corrected chi connectivity index (χ0v) is 20.7. The molecule has 1 aliphatic carbocycles. The van der Waals surface area contributed by atoms with Gasteiger partial charge in [-0.3, -0.25) is 4.79 Å². The van der Waals surface area contributed by atoms with E-state index in [0.717, 1.165) is 46.8 Å². The van der Waals surface area contributed by atoms with Crippen molar-refractivity contribution in [2.24, 2.45) is 5.92 Å². The van der Waals surface area contributed by atoms with E-state index >= 15 is 0 Å². The van der Waals surface area contributed by atoms with Gasteiger partial charge >= 0.3 is 0 Å². The SMILES string of the molecule is O=C(Nc1nc2cc(Cl)ccc2s1)C1CCC(c2nnc(-c3ccc4cc(Cl)ccc4n3)o2)CC1. The minimum Gasteiger partial charge on any atom is -0.419 e. The van der Waals surface area contributed by atoms with E-state index < -0.39 is 0 Å². The second kappa shape index (κ2) is 9.18. The maximum absolute atomic E-state index is 12.8. The standard InChI is InChI=1S/C25H19Cl2N5O2S/c26-16-6-9-18-15(11-16)5-8-19(28-18)24-32-31-23(34-24)14-3-1-13(2-4-14)22(33)30-25-29-20-12-17(27)7-10-21(20)35-25/h5-14H,1-4H2,(H,29,30,33). The molecule has 1 amide bonds. The van der Waals surface area contributed by atoms with Crippen LogP contribution in [0.4, 0.5) is 5.13 Å². The highest BCUT2D eigenvalue weighted by Crippen LogP contribution is 2.37. The number of thiazole rings is 1. The van der Waals surface area contributed by atoms with Crippen LogP contribution in [0.5, 0.6) is 0 Å². The Labute approximate surface area is 214 Å². The quantitative estimate of drug-likeness (QED) is 0.269. The molecule has 5 aromatic rings. The number of benzene rings is 2. The first-order chi connectivity index (χ1) is 17.0. The molecule has 176 valence electrons. The Kier molecular flexibility index (Phi) is 5.88. The van der Waals surface area contributed by atoms with E-state index in [9.17, 15) is 4.79 Å². The van der Waals surface area contributed by atoms with E-state index in [1.165, 1.54) is 11.3 Å². The largest absolute Gasteiger partial charge is 0.419 e. The van der Waals surface area contributed by atoms with Crippen LogP contribution in [0.2, 0.25) is 10.0 Å².